The maximum atomic E-state index is 12.8. The van der Waals surface area contributed by atoms with E-state index in [-0.39, 0.29) is 11.7 Å². The number of hydrogen-bond donors (Lipinski definition) is 0. The highest BCUT2D eigenvalue weighted by Gasteiger charge is 2.23. The summed E-state index contributed by atoms with van der Waals surface area (Å²) in [5, 5.41) is 0. The summed E-state index contributed by atoms with van der Waals surface area (Å²) >= 11 is 0. The Morgan fingerprint density at radius 1 is 1.16 bits per heavy atom. The Morgan fingerprint density at radius 3 is 2.60 bits per heavy atom. The smallest absolute Gasteiger partial charge is 0.272 e. The molecule has 1 aliphatic rings. The summed E-state index contributed by atoms with van der Waals surface area (Å²) in [6.45, 7) is 2.75. The molecule has 0 N–H and O–H groups in total. The van der Waals surface area contributed by atoms with E-state index in [0.29, 0.717) is 24.8 Å². The fraction of sp³-hybridized carbons (Fsp3) is 0.400. The molecule has 0 unspecified atom stereocenters. The zero-order valence-corrected chi connectivity index (χ0v) is 14.2. The number of benzene rings is 1. The van der Waals surface area contributed by atoms with Gasteiger partial charge in [0.1, 0.15) is 11.5 Å². The lowest BCUT2D eigenvalue weighted by Crippen LogP contribution is -2.39. The number of rotatable bonds is 6. The van der Waals surface area contributed by atoms with Crippen molar-refractivity contribution in [2.45, 2.75) is 25.9 Å². The van der Waals surface area contributed by atoms with Crippen molar-refractivity contribution in [3.05, 3.63) is 65.7 Å². The van der Waals surface area contributed by atoms with Crippen LogP contribution in [0.1, 0.15) is 35.3 Å². The van der Waals surface area contributed by atoms with Crippen LogP contribution >= 0.6 is 0 Å². The second-order valence-electron chi connectivity index (χ2n) is 6.42. The van der Waals surface area contributed by atoms with Crippen molar-refractivity contribution >= 4 is 5.91 Å². The number of piperidine rings is 1. The summed E-state index contributed by atoms with van der Waals surface area (Å²) in [6, 6.07) is 11.8. The Bertz CT molecular complexity index is 668. The summed E-state index contributed by atoms with van der Waals surface area (Å²) in [4.78, 5) is 18.4. The normalized spacial score (nSPS) is 15.3. The lowest BCUT2D eigenvalue weighted by molar-refractivity contribution is 0.0633. The maximum absolute atomic E-state index is 12.8. The molecule has 1 fully saturated rings. The Morgan fingerprint density at radius 2 is 1.92 bits per heavy atom. The highest BCUT2D eigenvalue weighted by molar-refractivity contribution is 5.92. The van der Waals surface area contributed by atoms with Gasteiger partial charge in [0.15, 0.2) is 0 Å². The van der Waals surface area contributed by atoms with Crippen LogP contribution in [-0.2, 0) is 11.3 Å². The highest BCUT2D eigenvalue weighted by Crippen LogP contribution is 2.21. The molecular formula is C20H23FN2O2. The number of carbonyl (C=O) groups is 1. The van der Waals surface area contributed by atoms with Crippen LogP contribution in [-0.4, -0.2) is 35.5 Å². The quantitative estimate of drug-likeness (QED) is 0.752. The summed E-state index contributed by atoms with van der Waals surface area (Å²) in [5.74, 6) is 0.378. The second kappa shape index (κ2) is 8.72. The van der Waals surface area contributed by atoms with Crippen LogP contribution in [0.3, 0.4) is 0 Å². The number of halogens is 1. The molecule has 1 aromatic carbocycles. The fourth-order valence-electron chi connectivity index (χ4n) is 3.10. The third kappa shape index (κ3) is 5.10. The minimum absolute atomic E-state index is 0.0200. The number of nitrogens with zero attached hydrogens (tertiary/aromatic N) is 2. The van der Waals surface area contributed by atoms with Crippen LogP contribution in [0.4, 0.5) is 4.39 Å². The molecule has 0 bridgehead atoms. The highest BCUT2D eigenvalue weighted by atomic mass is 19.1. The molecule has 0 radical (unpaired) electrons. The van der Waals surface area contributed by atoms with Crippen LogP contribution < -0.4 is 0 Å². The topological polar surface area (TPSA) is 42.4 Å². The Balaban J connectivity index is 1.35. The zero-order valence-electron chi connectivity index (χ0n) is 14.2. The van der Waals surface area contributed by atoms with E-state index in [2.05, 4.69) is 4.98 Å². The number of carbonyl (C=O) groups excluding carboxylic acids is 1. The van der Waals surface area contributed by atoms with Crippen molar-refractivity contribution in [1.82, 2.24) is 9.88 Å². The summed E-state index contributed by atoms with van der Waals surface area (Å²) in [6.07, 6.45) is 4.64. The van der Waals surface area contributed by atoms with Crippen molar-refractivity contribution in [2.75, 3.05) is 19.7 Å². The van der Waals surface area contributed by atoms with Crippen molar-refractivity contribution in [3.63, 3.8) is 0 Å². The Labute approximate surface area is 147 Å². The first-order chi connectivity index (χ1) is 12.2. The SMILES string of the molecule is O=C(c1ccccn1)N1CCC(CCOCc2ccc(F)cc2)CC1. The van der Waals surface area contributed by atoms with E-state index in [0.717, 1.165) is 37.9 Å². The second-order valence-corrected chi connectivity index (χ2v) is 6.42. The van der Waals surface area contributed by atoms with Crippen molar-refractivity contribution in [1.29, 1.82) is 0 Å². The van der Waals surface area contributed by atoms with Crippen LogP contribution in [0.5, 0.6) is 0 Å². The van der Waals surface area contributed by atoms with Gasteiger partial charge in [-0.25, -0.2) is 4.39 Å². The van der Waals surface area contributed by atoms with Gasteiger partial charge >= 0.3 is 0 Å². The first kappa shape index (κ1) is 17.5. The number of pyridine rings is 1. The molecule has 0 saturated carbocycles. The molecule has 1 saturated heterocycles. The van der Waals surface area contributed by atoms with E-state index < -0.39 is 0 Å². The maximum Gasteiger partial charge on any atom is 0.272 e. The molecule has 1 aliphatic heterocycles. The van der Waals surface area contributed by atoms with Gasteiger partial charge in [0, 0.05) is 25.9 Å². The van der Waals surface area contributed by atoms with Crippen molar-refractivity contribution in [2.24, 2.45) is 5.92 Å². The lowest BCUT2D eigenvalue weighted by Gasteiger charge is -2.31. The standard InChI is InChI=1S/C20H23FN2O2/c21-18-6-4-17(5-7-18)15-25-14-10-16-8-12-23(13-9-16)20(24)19-3-1-2-11-22-19/h1-7,11,16H,8-10,12-15H2. The molecule has 25 heavy (non-hydrogen) atoms. The minimum Gasteiger partial charge on any atom is -0.377 e. The predicted octanol–water partition coefficient (Wildman–Crippen LogP) is 3.68. The van der Waals surface area contributed by atoms with Gasteiger partial charge in [-0.3, -0.25) is 9.78 Å². The number of likely N-dealkylation sites (tertiary alicyclic amines) is 1. The van der Waals surface area contributed by atoms with E-state index in [4.69, 9.17) is 4.74 Å². The number of ether oxygens (including phenoxy) is 1. The average Bonchev–Trinajstić information content (AvgIpc) is 2.67. The van der Waals surface area contributed by atoms with E-state index in [1.54, 1.807) is 24.4 Å². The van der Waals surface area contributed by atoms with Crippen LogP contribution in [0, 0.1) is 11.7 Å². The minimum atomic E-state index is -0.226. The van der Waals surface area contributed by atoms with Crippen molar-refractivity contribution < 1.29 is 13.9 Å². The monoisotopic (exact) mass is 342 g/mol. The lowest BCUT2D eigenvalue weighted by atomic mass is 9.94. The summed E-state index contributed by atoms with van der Waals surface area (Å²) in [5.41, 5.74) is 1.50. The predicted molar refractivity (Wildman–Crippen MR) is 93.5 cm³/mol. The van der Waals surface area contributed by atoms with Gasteiger partial charge in [0.25, 0.3) is 5.91 Å². The first-order valence-electron chi connectivity index (χ1n) is 8.75. The van der Waals surface area contributed by atoms with E-state index in [9.17, 15) is 9.18 Å². The summed E-state index contributed by atoms with van der Waals surface area (Å²) in [7, 11) is 0. The fourth-order valence-corrected chi connectivity index (χ4v) is 3.10. The molecule has 0 spiro atoms. The number of aromatic nitrogens is 1. The van der Waals surface area contributed by atoms with Gasteiger partial charge in [-0.1, -0.05) is 18.2 Å². The first-order valence-corrected chi connectivity index (χ1v) is 8.75. The largest absolute Gasteiger partial charge is 0.377 e. The number of hydrogen-bond acceptors (Lipinski definition) is 3. The van der Waals surface area contributed by atoms with Gasteiger partial charge in [-0.05, 0) is 55.0 Å². The van der Waals surface area contributed by atoms with E-state index >= 15 is 0 Å². The van der Waals surface area contributed by atoms with Crippen molar-refractivity contribution in [3.8, 4) is 0 Å². The van der Waals surface area contributed by atoms with Gasteiger partial charge < -0.3 is 9.64 Å². The Kier molecular flexibility index (Phi) is 6.12. The Hall–Kier alpha value is -2.27. The molecule has 0 aliphatic carbocycles. The molecule has 2 aromatic rings. The van der Waals surface area contributed by atoms with Gasteiger partial charge in [0.05, 0.1) is 6.61 Å². The van der Waals surface area contributed by atoms with Gasteiger partial charge in [0.2, 0.25) is 0 Å². The molecule has 1 aromatic heterocycles. The third-order valence-corrected chi connectivity index (χ3v) is 4.64. The molecule has 4 nitrogen and oxygen atoms in total. The van der Waals surface area contributed by atoms with E-state index in [1.807, 2.05) is 17.0 Å². The molecule has 132 valence electrons. The molecule has 1 amide bonds. The molecular weight excluding hydrogens is 319 g/mol. The third-order valence-electron chi connectivity index (χ3n) is 4.64. The summed E-state index contributed by atoms with van der Waals surface area (Å²) < 4.78 is 18.5. The van der Waals surface area contributed by atoms with Gasteiger partial charge in [-0.2, -0.15) is 0 Å². The van der Waals surface area contributed by atoms with E-state index in [1.165, 1.54) is 12.1 Å². The van der Waals surface area contributed by atoms with Crippen LogP contribution in [0.15, 0.2) is 48.7 Å². The number of amides is 1. The molecule has 3 rings (SSSR count). The van der Waals surface area contributed by atoms with Crippen LogP contribution in [0.25, 0.3) is 0 Å². The van der Waals surface area contributed by atoms with Crippen LogP contribution in [0.2, 0.25) is 0 Å². The molecule has 2 heterocycles. The van der Waals surface area contributed by atoms with Gasteiger partial charge in [-0.15, -0.1) is 0 Å². The molecule has 0 atom stereocenters. The molecule has 5 heteroatoms. The average molecular weight is 342 g/mol. The zero-order chi connectivity index (χ0) is 17.5.